The molecule has 0 radical (unpaired) electrons. The molecule has 0 aromatic carbocycles. The monoisotopic (exact) mass is 261 g/mol. The molecule has 102 valence electrons. The number of rotatable bonds is 3. The Balaban J connectivity index is 1.77. The standard InChI is InChI=1S/C13H19N5O/c1-13(5-3-2-4-9(13)19)6-14-11-10-12(16-7-15-10)18-8-17-11/h7-9,19H,2-6H2,1H3,(H2,14,15,16,17,18). The van der Waals surface area contributed by atoms with Gasteiger partial charge in [0.25, 0.3) is 0 Å². The third-order valence-corrected chi connectivity index (χ3v) is 4.16. The molecule has 0 bridgehead atoms. The average Bonchev–Trinajstić information content (AvgIpc) is 2.89. The van der Waals surface area contributed by atoms with Crippen LogP contribution < -0.4 is 5.32 Å². The van der Waals surface area contributed by atoms with E-state index in [1.54, 1.807) is 6.33 Å². The van der Waals surface area contributed by atoms with Crippen molar-refractivity contribution < 1.29 is 5.11 Å². The van der Waals surface area contributed by atoms with E-state index in [2.05, 4.69) is 32.2 Å². The van der Waals surface area contributed by atoms with E-state index in [0.29, 0.717) is 12.2 Å². The molecule has 3 N–H and O–H groups in total. The topological polar surface area (TPSA) is 86.7 Å². The molecule has 1 aliphatic carbocycles. The summed E-state index contributed by atoms with van der Waals surface area (Å²) in [5.74, 6) is 0.751. The number of anilines is 1. The lowest BCUT2D eigenvalue weighted by Crippen LogP contribution is -2.41. The summed E-state index contributed by atoms with van der Waals surface area (Å²) in [7, 11) is 0. The highest BCUT2D eigenvalue weighted by Crippen LogP contribution is 2.36. The van der Waals surface area contributed by atoms with Gasteiger partial charge in [0.05, 0.1) is 12.4 Å². The Morgan fingerprint density at radius 1 is 1.42 bits per heavy atom. The second-order valence-electron chi connectivity index (χ2n) is 5.59. The average molecular weight is 261 g/mol. The fourth-order valence-corrected chi connectivity index (χ4v) is 2.77. The molecule has 1 saturated carbocycles. The van der Waals surface area contributed by atoms with Crippen molar-refractivity contribution in [3.63, 3.8) is 0 Å². The van der Waals surface area contributed by atoms with Crippen molar-refractivity contribution in [2.45, 2.75) is 38.7 Å². The number of aromatic amines is 1. The van der Waals surface area contributed by atoms with E-state index in [-0.39, 0.29) is 11.5 Å². The Bertz CT molecular complexity index is 569. The molecule has 2 aromatic heterocycles. The molecule has 0 amide bonds. The number of hydrogen-bond acceptors (Lipinski definition) is 5. The van der Waals surface area contributed by atoms with Crippen molar-refractivity contribution in [3.8, 4) is 0 Å². The molecule has 6 nitrogen and oxygen atoms in total. The van der Waals surface area contributed by atoms with E-state index in [1.165, 1.54) is 12.7 Å². The highest BCUT2D eigenvalue weighted by Gasteiger charge is 2.35. The van der Waals surface area contributed by atoms with Crippen molar-refractivity contribution in [2.24, 2.45) is 5.41 Å². The summed E-state index contributed by atoms with van der Waals surface area (Å²) in [5.41, 5.74) is 1.39. The van der Waals surface area contributed by atoms with Gasteiger partial charge in [0, 0.05) is 12.0 Å². The van der Waals surface area contributed by atoms with Gasteiger partial charge in [0.2, 0.25) is 0 Å². The number of aliphatic hydroxyl groups is 1. The predicted molar refractivity (Wildman–Crippen MR) is 72.8 cm³/mol. The largest absolute Gasteiger partial charge is 0.392 e. The SMILES string of the molecule is CC1(CNc2ncnc3nc[nH]c23)CCCCC1O. The maximum absolute atomic E-state index is 10.2. The van der Waals surface area contributed by atoms with Crippen LogP contribution in [0.15, 0.2) is 12.7 Å². The first-order valence-corrected chi connectivity index (χ1v) is 6.75. The van der Waals surface area contributed by atoms with Crippen molar-refractivity contribution in [1.29, 1.82) is 0 Å². The van der Waals surface area contributed by atoms with Crippen LogP contribution in [-0.4, -0.2) is 37.7 Å². The molecule has 1 fully saturated rings. The molecule has 0 spiro atoms. The summed E-state index contributed by atoms with van der Waals surface area (Å²) in [4.78, 5) is 15.5. The van der Waals surface area contributed by atoms with E-state index >= 15 is 0 Å². The van der Waals surface area contributed by atoms with Crippen molar-refractivity contribution in [1.82, 2.24) is 19.9 Å². The van der Waals surface area contributed by atoms with E-state index in [1.807, 2.05) is 0 Å². The molecular weight excluding hydrogens is 242 g/mol. The molecule has 2 atom stereocenters. The van der Waals surface area contributed by atoms with Gasteiger partial charge in [-0.3, -0.25) is 0 Å². The van der Waals surface area contributed by atoms with Gasteiger partial charge in [0.1, 0.15) is 11.8 Å². The fraction of sp³-hybridized carbons (Fsp3) is 0.615. The van der Waals surface area contributed by atoms with Crippen molar-refractivity contribution >= 4 is 17.0 Å². The summed E-state index contributed by atoms with van der Waals surface area (Å²) >= 11 is 0. The number of nitrogens with one attached hydrogen (secondary N) is 2. The van der Waals surface area contributed by atoms with Crippen LogP contribution in [0.3, 0.4) is 0 Å². The third-order valence-electron chi connectivity index (χ3n) is 4.16. The first kappa shape index (κ1) is 12.3. The highest BCUT2D eigenvalue weighted by molar-refractivity contribution is 5.81. The van der Waals surface area contributed by atoms with Crippen LogP contribution in [-0.2, 0) is 0 Å². The second-order valence-corrected chi connectivity index (χ2v) is 5.59. The fourth-order valence-electron chi connectivity index (χ4n) is 2.77. The van der Waals surface area contributed by atoms with Crippen molar-refractivity contribution in [2.75, 3.05) is 11.9 Å². The summed E-state index contributed by atoms with van der Waals surface area (Å²) < 4.78 is 0. The Kier molecular flexibility index (Phi) is 3.10. The van der Waals surface area contributed by atoms with E-state index in [9.17, 15) is 5.11 Å². The van der Waals surface area contributed by atoms with E-state index in [4.69, 9.17) is 0 Å². The number of aliphatic hydroxyl groups excluding tert-OH is 1. The van der Waals surface area contributed by atoms with Crippen LogP contribution in [0.25, 0.3) is 11.2 Å². The first-order valence-electron chi connectivity index (χ1n) is 6.75. The number of fused-ring (bicyclic) bond motifs is 1. The lowest BCUT2D eigenvalue weighted by Gasteiger charge is -2.38. The minimum absolute atomic E-state index is 0.0878. The lowest BCUT2D eigenvalue weighted by molar-refractivity contribution is 0.00960. The highest BCUT2D eigenvalue weighted by atomic mass is 16.3. The zero-order valence-corrected chi connectivity index (χ0v) is 11.1. The molecule has 0 aliphatic heterocycles. The van der Waals surface area contributed by atoms with Gasteiger partial charge in [-0.05, 0) is 12.8 Å². The molecule has 2 unspecified atom stereocenters. The quantitative estimate of drug-likeness (QED) is 0.783. The Labute approximate surface area is 111 Å². The zero-order chi connectivity index (χ0) is 13.3. The van der Waals surface area contributed by atoms with Gasteiger partial charge in [-0.2, -0.15) is 0 Å². The summed E-state index contributed by atoms with van der Waals surface area (Å²) in [6.45, 7) is 2.84. The normalized spacial score (nSPS) is 27.6. The zero-order valence-electron chi connectivity index (χ0n) is 11.1. The van der Waals surface area contributed by atoms with Gasteiger partial charge in [-0.1, -0.05) is 19.8 Å². The minimum Gasteiger partial charge on any atom is -0.392 e. The second kappa shape index (κ2) is 4.77. The van der Waals surface area contributed by atoms with Gasteiger partial charge in [-0.15, -0.1) is 0 Å². The maximum Gasteiger partial charge on any atom is 0.182 e. The van der Waals surface area contributed by atoms with Crippen LogP contribution in [0.5, 0.6) is 0 Å². The lowest BCUT2D eigenvalue weighted by atomic mass is 9.73. The maximum atomic E-state index is 10.2. The van der Waals surface area contributed by atoms with Crippen LogP contribution >= 0.6 is 0 Å². The van der Waals surface area contributed by atoms with E-state index in [0.717, 1.165) is 30.6 Å². The van der Waals surface area contributed by atoms with Crippen LogP contribution in [0.1, 0.15) is 32.6 Å². The molecule has 1 aliphatic rings. The van der Waals surface area contributed by atoms with Gasteiger partial charge < -0.3 is 15.4 Å². The number of hydrogen-bond donors (Lipinski definition) is 3. The number of imidazole rings is 1. The molecule has 3 rings (SSSR count). The smallest absolute Gasteiger partial charge is 0.182 e. The molecule has 19 heavy (non-hydrogen) atoms. The Morgan fingerprint density at radius 2 is 2.32 bits per heavy atom. The van der Waals surface area contributed by atoms with Crippen LogP contribution in [0.4, 0.5) is 5.82 Å². The number of nitrogens with zero attached hydrogens (tertiary/aromatic N) is 3. The van der Waals surface area contributed by atoms with Gasteiger partial charge in [0.15, 0.2) is 11.5 Å². The van der Waals surface area contributed by atoms with Crippen LogP contribution in [0, 0.1) is 5.41 Å². The molecule has 2 heterocycles. The van der Waals surface area contributed by atoms with Gasteiger partial charge >= 0.3 is 0 Å². The Morgan fingerprint density at radius 3 is 3.16 bits per heavy atom. The van der Waals surface area contributed by atoms with E-state index < -0.39 is 0 Å². The van der Waals surface area contributed by atoms with Crippen molar-refractivity contribution in [3.05, 3.63) is 12.7 Å². The molecular formula is C13H19N5O. The summed E-state index contributed by atoms with van der Waals surface area (Å²) in [5, 5.41) is 13.5. The molecule has 2 aromatic rings. The third kappa shape index (κ3) is 2.28. The van der Waals surface area contributed by atoms with Gasteiger partial charge in [-0.25, -0.2) is 15.0 Å². The molecule has 6 heteroatoms. The summed E-state index contributed by atoms with van der Waals surface area (Å²) in [6.07, 6.45) is 7.10. The number of H-pyrrole nitrogens is 1. The number of aromatic nitrogens is 4. The Hall–Kier alpha value is -1.69. The minimum atomic E-state index is -0.243. The summed E-state index contributed by atoms with van der Waals surface area (Å²) in [6, 6.07) is 0. The van der Waals surface area contributed by atoms with Crippen LogP contribution in [0.2, 0.25) is 0 Å². The predicted octanol–water partition coefficient (Wildman–Crippen LogP) is 1.71. The molecule has 0 saturated heterocycles. The first-order chi connectivity index (χ1) is 9.19.